The molecule has 2 nitrogen and oxygen atoms in total. The smallest absolute Gasteiger partial charge is 0.226 e. The van der Waals surface area contributed by atoms with Crippen molar-refractivity contribution in [3.63, 3.8) is 0 Å². The average Bonchev–Trinajstić information content (AvgIpc) is 2.29. The highest BCUT2D eigenvalue weighted by atomic mass is 16.2. The van der Waals surface area contributed by atoms with Crippen LogP contribution < -0.4 is 4.90 Å². The molecule has 0 saturated heterocycles. The van der Waals surface area contributed by atoms with Gasteiger partial charge in [-0.05, 0) is 24.0 Å². The zero-order valence-electron chi connectivity index (χ0n) is 9.36. The van der Waals surface area contributed by atoms with Crippen LogP contribution in [0.1, 0.15) is 38.2 Å². The minimum Gasteiger partial charge on any atom is -0.312 e. The Hall–Kier alpha value is -1.31. The molecule has 80 valence electrons. The Morgan fingerprint density at radius 1 is 1.47 bits per heavy atom. The molecule has 1 heterocycles. The fourth-order valence-electron chi connectivity index (χ4n) is 2.20. The van der Waals surface area contributed by atoms with Crippen LogP contribution in [0.5, 0.6) is 0 Å². The number of rotatable bonds is 1. The van der Waals surface area contributed by atoms with E-state index in [0.29, 0.717) is 12.3 Å². The van der Waals surface area contributed by atoms with E-state index in [2.05, 4.69) is 25.1 Å². The summed E-state index contributed by atoms with van der Waals surface area (Å²) in [6.07, 6.45) is 1.66. The van der Waals surface area contributed by atoms with Crippen LogP contribution in [0.15, 0.2) is 24.3 Å². The molecule has 2 heteroatoms. The van der Waals surface area contributed by atoms with Crippen LogP contribution >= 0.6 is 0 Å². The van der Waals surface area contributed by atoms with E-state index in [4.69, 9.17) is 0 Å². The molecular weight excluding hydrogens is 186 g/mol. The summed E-state index contributed by atoms with van der Waals surface area (Å²) in [5.74, 6) is 0.802. The second-order valence-corrected chi connectivity index (χ2v) is 4.15. The Kier molecular flexibility index (Phi) is 2.76. The Balaban J connectivity index is 2.40. The molecule has 0 radical (unpaired) electrons. The Morgan fingerprint density at radius 3 is 2.93 bits per heavy atom. The van der Waals surface area contributed by atoms with Gasteiger partial charge in [0.15, 0.2) is 0 Å². The first-order chi connectivity index (χ1) is 7.24. The number of carbonyl (C=O) groups is 1. The molecule has 1 unspecified atom stereocenters. The van der Waals surface area contributed by atoms with Gasteiger partial charge in [-0.2, -0.15) is 0 Å². The second-order valence-electron chi connectivity index (χ2n) is 4.15. The van der Waals surface area contributed by atoms with Gasteiger partial charge in [-0.1, -0.05) is 32.0 Å². The Morgan fingerprint density at radius 2 is 2.20 bits per heavy atom. The predicted octanol–water partition coefficient (Wildman–Crippen LogP) is 2.94. The molecule has 1 atom stereocenters. The normalized spacial score (nSPS) is 19.9. The van der Waals surface area contributed by atoms with Crippen LogP contribution in [0.4, 0.5) is 5.69 Å². The van der Waals surface area contributed by atoms with Gasteiger partial charge in [0.25, 0.3) is 0 Å². The summed E-state index contributed by atoms with van der Waals surface area (Å²) in [6, 6.07) is 8.25. The van der Waals surface area contributed by atoms with Gasteiger partial charge in [0.1, 0.15) is 0 Å². The monoisotopic (exact) mass is 203 g/mol. The molecule has 0 N–H and O–H groups in total. The first kappa shape index (κ1) is 10.2. The number of hydrogen-bond donors (Lipinski definition) is 0. The maximum Gasteiger partial charge on any atom is 0.226 e. The van der Waals surface area contributed by atoms with Crippen molar-refractivity contribution in [1.82, 2.24) is 0 Å². The van der Waals surface area contributed by atoms with Crippen molar-refractivity contribution >= 4 is 11.6 Å². The van der Waals surface area contributed by atoms with E-state index in [1.807, 2.05) is 17.9 Å². The van der Waals surface area contributed by atoms with E-state index in [1.165, 1.54) is 5.56 Å². The molecule has 1 aromatic rings. The summed E-state index contributed by atoms with van der Waals surface area (Å²) in [7, 11) is 0. The maximum absolute atomic E-state index is 11.8. The van der Waals surface area contributed by atoms with E-state index >= 15 is 0 Å². The number of hydrogen-bond acceptors (Lipinski definition) is 1. The number of para-hydroxylation sites is 1. The van der Waals surface area contributed by atoms with Gasteiger partial charge in [-0.3, -0.25) is 4.79 Å². The number of anilines is 1. The third-order valence-corrected chi connectivity index (χ3v) is 3.15. The second kappa shape index (κ2) is 4.05. The number of benzene rings is 1. The van der Waals surface area contributed by atoms with Crippen molar-refractivity contribution in [3.8, 4) is 0 Å². The van der Waals surface area contributed by atoms with Crippen LogP contribution in [0, 0.1) is 0 Å². The highest BCUT2D eigenvalue weighted by molar-refractivity contribution is 5.94. The number of fused-ring (bicyclic) bond motifs is 1. The highest BCUT2D eigenvalue weighted by Crippen LogP contribution is 2.34. The summed E-state index contributed by atoms with van der Waals surface area (Å²) >= 11 is 0. The summed E-state index contributed by atoms with van der Waals surface area (Å²) in [5, 5.41) is 0. The van der Waals surface area contributed by atoms with Gasteiger partial charge in [-0.15, -0.1) is 0 Å². The van der Waals surface area contributed by atoms with Gasteiger partial charge in [0.05, 0.1) is 0 Å². The quantitative estimate of drug-likeness (QED) is 0.687. The lowest BCUT2D eigenvalue weighted by molar-refractivity contribution is -0.118. The lowest BCUT2D eigenvalue weighted by Gasteiger charge is -2.32. The molecule has 1 aromatic carbocycles. The van der Waals surface area contributed by atoms with E-state index in [-0.39, 0.29) is 5.91 Å². The van der Waals surface area contributed by atoms with Crippen molar-refractivity contribution in [2.45, 2.75) is 32.6 Å². The first-order valence-electron chi connectivity index (χ1n) is 5.63. The molecule has 2 rings (SSSR count). The minimum absolute atomic E-state index is 0.231. The molecule has 0 aromatic heterocycles. The molecule has 0 bridgehead atoms. The lowest BCUT2D eigenvalue weighted by atomic mass is 9.91. The van der Waals surface area contributed by atoms with Crippen LogP contribution in [0.25, 0.3) is 0 Å². The topological polar surface area (TPSA) is 20.3 Å². The SMILES string of the molecule is CCC(=O)N1CCC(C)c2ccccc21. The number of nitrogens with zero attached hydrogens (tertiary/aromatic N) is 1. The molecular formula is C13H17NO. The predicted molar refractivity (Wildman–Crippen MR) is 62.1 cm³/mol. The lowest BCUT2D eigenvalue weighted by Crippen LogP contribution is -2.35. The average molecular weight is 203 g/mol. The summed E-state index contributed by atoms with van der Waals surface area (Å²) in [4.78, 5) is 13.7. The molecule has 0 spiro atoms. The van der Waals surface area contributed by atoms with E-state index in [9.17, 15) is 4.79 Å². The first-order valence-corrected chi connectivity index (χ1v) is 5.63. The largest absolute Gasteiger partial charge is 0.312 e. The van der Waals surface area contributed by atoms with Crippen LogP contribution in [-0.4, -0.2) is 12.5 Å². The van der Waals surface area contributed by atoms with Crippen molar-refractivity contribution in [2.24, 2.45) is 0 Å². The van der Waals surface area contributed by atoms with Crippen LogP contribution in [-0.2, 0) is 4.79 Å². The molecule has 1 amide bonds. The highest BCUT2D eigenvalue weighted by Gasteiger charge is 2.24. The van der Waals surface area contributed by atoms with E-state index in [0.717, 1.165) is 18.7 Å². The Labute approximate surface area is 90.9 Å². The molecule has 0 aliphatic carbocycles. The van der Waals surface area contributed by atoms with Gasteiger partial charge >= 0.3 is 0 Å². The molecule has 15 heavy (non-hydrogen) atoms. The minimum atomic E-state index is 0.231. The maximum atomic E-state index is 11.8. The van der Waals surface area contributed by atoms with Crippen molar-refractivity contribution in [3.05, 3.63) is 29.8 Å². The fourth-order valence-corrected chi connectivity index (χ4v) is 2.20. The van der Waals surface area contributed by atoms with Crippen molar-refractivity contribution < 1.29 is 4.79 Å². The van der Waals surface area contributed by atoms with E-state index in [1.54, 1.807) is 0 Å². The summed E-state index contributed by atoms with van der Waals surface area (Å²) in [5.41, 5.74) is 2.42. The molecule has 1 aliphatic heterocycles. The van der Waals surface area contributed by atoms with Gasteiger partial charge in [-0.25, -0.2) is 0 Å². The number of amides is 1. The third-order valence-electron chi connectivity index (χ3n) is 3.15. The van der Waals surface area contributed by atoms with Crippen molar-refractivity contribution in [1.29, 1.82) is 0 Å². The molecule has 1 aliphatic rings. The zero-order valence-corrected chi connectivity index (χ0v) is 9.36. The standard InChI is InChI=1S/C13H17NO/c1-3-13(15)14-9-8-10(2)11-6-4-5-7-12(11)14/h4-7,10H,3,8-9H2,1-2H3. The van der Waals surface area contributed by atoms with Gasteiger partial charge < -0.3 is 4.90 Å². The van der Waals surface area contributed by atoms with Gasteiger partial charge in [0, 0.05) is 18.7 Å². The summed E-state index contributed by atoms with van der Waals surface area (Å²) < 4.78 is 0. The summed E-state index contributed by atoms with van der Waals surface area (Å²) in [6.45, 7) is 5.01. The van der Waals surface area contributed by atoms with Crippen LogP contribution in [0.2, 0.25) is 0 Å². The molecule has 0 fully saturated rings. The number of carbonyl (C=O) groups excluding carboxylic acids is 1. The molecule has 0 saturated carbocycles. The van der Waals surface area contributed by atoms with Gasteiger partial charge in [0.2, 0.25) is 5.91 Å². The zero-order chi connectivity index (χ0) is 10.8. The van der Waals surface area contributed by atoms with Crippen LogP contribution in [0.3, 0.4) is 0 Å². The van der Waals surface area contributed by atoms with Crippen molar-refractivity contribution in [2.75, 3.05) is 11.4 Å². The Bertz CT molecular complexity index is 373. The fraction of sp³-hybridized carbons (Fsp3) is 0.462. The third kappa shape index (κ3) is 1.76. The van der Waals surface area contributed by atoms with E-state index < -0.39 is 0 Å².